The highest BCUT2D eigenvalue weighted by atomic mass is 79.9. The summed E-state index contributed by atoms with van der Waals surface area (Å²) in [5.41, 5.74) is 2.29. The van der Waals surface area contributed by atoms with Crippen LogP contribution in [-0.2, 0) is 13.1 Å². The highest BCUT2D eigenvalue weighted by Crippen LogP contribution is 2.29. The number of ether oxygens (including phenoxy) is 1. The Hall–Kier alpha value is -3.82. The first kappa shape index (κ1) is 27.4. The van der Waals surface area contributed by atoms with Crippen LogP contribution in [0.15, 0.2) is 82.1 Å². The number of nitrogens with zero attached hydrogens (tertiary/aromatic N) is 3. The monoisotopic (exact) mass is 634 g/mol. The van der Waals surface area contributed by atoms with Crippen LogP contribution in [0.4, 0.5) is 0 Å². The average molecular weight is 636 g/mol. The Bertz CT molecular complexity index is 1680. The lowest BCUT2D eigenvalue weighted by Crippen LogP contribution is -2.41. The Labute approximate surface area is 250 Å². The SMILES string of the molecule is CC(NC(=O)c1c2n(c(=O)n1-c1ccc(OC3CC3)cc1)CCN(C(=O)c1ccc(Br)c(Cl)c1)C2)c1ccccc1. The predicted molar refractivity (Wildman–Crippen MR) is 160 cm³/mol. The fraction of sp³-hybridized carbons (Fsp3) is 0.258. The molecule has 8 nitrogen and oxygen atoms in total. The van der Waals surface area contributed by atoms with Gasteiger partial charge in [0.25, 0.3) is 11.8 Å². The maximum atomic E-state index is 13.9. The van der Waals surface area contributed by atoms with Gasteiger partial charge in [-0.3, -0.25) is 18.7 Å². The molecule has 41 heavy (non-hydrogen) atoms. The van der Waals surface area contributed by atoms with E-state index in [4.69, 9.17) is 16.3 Å². The number of carbonyl (C=O) groups is 2. The van der Waals surface area contributed by atoms with Crippen LogP contribution in [0.1, 0.15) is 57.9 Å². The molecule has 4 aromatic rings. The maximum absolute atomic E-state index is 13.9. The molecule has 2 heterocycles. The lowest BCUT2D eigenvalue weighted by molar-refractivity contribution is 0.0706. The van der Waals surface area contributed by atoms with Gasteiger partial charge >= 0.3 is 5.69 Å². The van der Waals surface area contributed by atoms with Crippen molar-refractivity contribution in [2.45, 2.75) is 45.0 Å². The van der Waals surface area contributed by atoms with Crippen LogP contribution >= 0.6 is 27.5 Å². The Morgan fingerprint density at radius 3 is 2.44 bits per heavy atom. The summed E-state index contributed by atoms with van der Waals surface area (Å²) in [5, 5.41) is 3.49. The zero-order valence-corrected chi connectivity index (χ0v) is 24.7. The predicted octanol–water partition coefficient (Wildman–Crippen LogP) is 5.74. The van der Waals surface area contributed by atoms with Crippen molar-refractivity contribution in [3.8, 4) is 11.4 Å². The summed E-state index contributed by atoms with van der Waals surface area (Å²) >= 11 is 9.61. The maximum Gasteiger partial charge on any atom is 0.333 e. The first-order chi connectivity index (χ1) is 19.8. The molecule has 2 aliphatic rings. The summed E-state index contributed by atoms with van der Waals surface area (Å²) in [5.74, 6) is 0.102. The Kier molecular flexibility index (Phi) is 7.48. The van der Waals surface area contributed by atoms with Gasteiger partial charge in [-0.1, -0.05) is 41.9 Å². The Morgan fingerprint density at radius 2 is 1.76 bits per heavy atom. The van der Waals surface area contributed by atoms with E-state index in [0.29, 0.717) is 33.0 Å². The van der Waals surface area contributed by atoms with E-state index in [0.717, 1.165) is 24.2 Å². The van der Waals surface area contributed by atoms with Crippen LogP contribution in [0, 0.1) is 0 Å². The lowest BCUT2D eigenvalue weighted by Gasteiger charge is -2.28. The van der Waals surface area contributed by atoms with Crippen LogP contribution in [0.5, 0.6) is 5.75 Å². The standard InChI is InChI=1S/C31H28BrClN4O4/c1-19(20-5-3-2-4-6-20)34-29(38)28-27-18-35(30(39)21-7-14-25(32)26(33)17-21)15-16-36(27)31(40)37(28)22-8-10-23(11-9-22)41-24-12-13-24/h2-11,14,17,19,24H,12-13,15-16,18H2,1H3,(H,34,38). The van der Waals surface area contributed by atoms with E-state index in [1.807, 2.05) is 49.4 Å². The Balaban J connectivity index is 1.38. The molecule has 0 spiro atoms. The summed E-state index contributed by atoms with van der Waals surface area (Å²) < 4.78 is 9.60. The summed E-state index contributed by atoms with van der Waals surface area (Å²) in [6.07, 6.45) is 2.33. The highest BCUT2D eigenvalue weighted by Gasteiger charge is 2.33. The van der Waals surface area contributed by atoms with Crippen molar-refractivity contribution >= 4 is 39.3 Å². The van der Waals surface area contributed by atoms with Gasteiger partial charge in [-0.25, -0.2) is 4.79 Å². The summed E-state index contributed by atoms with van der Waals surface area (Å²) in [6.45, 7) is 2.57. The van der Waals surface area contributed by atoms with Gasteiger partial charge in [-0.2, -0.15) is 0 Å². The van der Waals surface area contributed by atoms with Crippen molar-refractivity contribution in [1.29, 1.82) is 0 Å². The number of imidazole rings is 1. The van der Waals surface area contributed by atoms with E-state index >= 15 is 0 Å². The van der Waals surface area contributed by atoms with Gasteiger partial charge in [-0.05, 0) is 83.7 Å². The second kappa shape index (κ2) is 11.2. The molecule has 1 aliphatic heterocycles. The van der Waals surface area contributed by atoms with E-state index in [1.54, 1.807) is 39.8 Å². The number of rotatable bonds is 7. The smallest absolute Gasteiger partial charge is 0.333 e. The minimum atomic E-state index is -0.397. The van der Waals surface area contributed by atoms with Crippen molar-refractivity contribution in [2.24, 2.45) is 0 Å². The molecule has 0 bridgehead atoms. The van der Waals surface area contributed by atoms with Gasteiger partial charge in [0.1, 0.15) is 11.4 Å². The fourth-order valence-corrected chi connectivity index (χ4v) is 5.49. The number of halogens is 2. The number of carbonyl (C=O) groups excluding carboxylic acids is 2. The van der Waals surface area contributed by atoms with Crippen LogP contribution in [-0.4, -0.2) is 38.5 Å². The van der Waals surface area contributed by atoms with Crippen LogP contribution in [0.25, 0.3) is 5.69 Å². The van der Waals surface area contributed by atoms with Crippen molar-refractivity contribution in [2.75, 3.05) is 6.54 Å². The average Bonchev–Trinajstić information content (AvgIpc) is 3.76. The van der Waals surface area contributed by atoms with Gasteiger partial charge in [0.05, 0.1) is 35.1 Å². The molecule has 1 unspecified atom stereocenters. The fourth-order valence-electron chi connectivity index (χ4n) is 5.06. The number of aromatic nitrogens is 2. The van der Waals surface area contributed by atoms with E-state index in [2.05, 4.69) is 21.2 Å². The van der Waals surface area contributed by atoms with Crippen molar-refractivity contribution < 1.29 is 14.3 Å². The summed E-state index contributed by atoms with van der Waals surface area (Å²) in [7, 11) is 0. The van der Waals surface area contributed by atoms with E-state index in [1.165, 1.54) is 4.57 Å². The summed E-state index contributed by atoms with van der Waals surface area (Å²) in [4.78, 5) is 42.8. The normalized spacial score (nSPS) is 15.2. The third-order valence-electron chi connectivity index (χ3n) is 7.42. The molecule has 1 saturated carbocycles. The number of amides is 2. The third kappa shape index (κ3) is 5.56. The first-order valence-corrected chi connectivity index (χ1v) is 14.7. The molecule has 3 aromatic carbocycles. The van der Waals surface area contributed by atoms with Gasteiger partial charge in [0, 0.05) is 23.1 Å². The molecule has 2 amide bonds. The molecule has 1 atom stereocenters. The minimum absolute atomic E-state index is 0.0973. The number of hydrogen-bond donors (Lipinski definition) is 1. The minimum Gasteiger partial charge on any atom is -0.490 e. The largest absolute Gasteiger partial charge is 0.490 e. The highest BCUT2D eigenvalue weighted by molar-refractivity contribution is 9.10. The van der Waals surface area contributed by atoms with Crippen molar-refractivity contribution in [1.82, 2.24) is 19.4 Å². The molecule has 0 saturated heterocycles. The molecule has 1 N–H and O–H groups in total. The van der Waals surface area contributed by atoms with Crippen LogP contribution in [0.2, 0.25) is 5.02 Å². The number of benzene rings is 3. The number of hydrogen-bond acceptors (Lipinski definition) is 4. The molecule has 1 aromatic heterocycles. The summed E-state index contributed by atoms with van der Waals surface area (Å²) in [6, 6.07) is 21.6. The molecule has 210 valence electrons. The van der Waals surface area contributed by atoms with Gasteiger partial charge in [0.2, 0.25) is 0 Å². The Morgan fingerprint density at radius 1 is 1.02 bits per heavy atom. The second-order valence-electron chi connectivity index (χ2n) is 10.3. The zero-order valence-electron chi connectivity index (χ0n) is 22.3. The van der Waals surface area contributed by atoms with E-state index in [-0.39, 0.29) is 42.5 Å². The van der Waals surface area contributed by atoms with Crippen molar-refractivity contribution in [3.63, 3.8) is 0 Å². The number of nitrogens with one attached hydrogen (secondary N) is 1. The molecule has 1 fully saturated rings. The van der Waals surface area contributed by atoms with Crippen molar-refractivity contribution in [3.05, 3.63) is 115 Å². The van der Waals surface area contributed by atoms with Crippen LogP contribution < -0.4 is 15.7 Å². The van der Waals surface area contributed by atoms with Gasteiger partial charge in [0.15, 0.2) is 0 Å². The second-order valence-corrected chi connectivity index (χ2v) is 11.6. The molecule has 0 radical (unpaired) electrons. The van der Waals surface area contributed by atoms with Gasteiger partial charge in [-0.15, -0.1) is 0 Å². The lowest BCUT2D eigenvalue weighted by atomic mass is 10.1. The molecule has 10 heteroatoms. The number of fused-ring (bicyclic) bond motifs is 1. The topological polar surface area (TPSA) is 85.6 Å². The third-order valence-corrected chi connectivity index (χ3v) is 8.65. The molecular weight excluding hydrogens is 608 g/mol. The first-order valence-electron chi connectivity index (χ1n) is 13.5. The zero-order chi connectivity index (χ0) is 28.7. The molecule has 1 aliphatic carbocycles. The van der Waals surface area contributed by atoms with E-state index in [9.17, 15) is 14.4 Å². The van der Waals surface area contributed by atoms with Crippen LogP contribution in [0.3, 0.4) is 0 Å². The quantitative estimate of drug-likeness (QED) is 0.281. The van der Waals surface area contributed by atoms with Gasteiger partial charge < -0.3 is 15.0 Å². The van der Waals surface area contributed by atoms with E-state index < -0.39 is 5.91 Å². The molecular formula is C31H28BrClN4O4. The molecule has 6 rings (SSSR count).